The zero-order chi connectivity index (χ0) is 13.7. The van der Waals surface area contributed by atoms with Gasteiger partial charge in [0, 0.05) is 0 Å². The summed E-state index contributed by atoms with van der Waals surface area (Å²) < 4.78 is 0. The highest BCUT2D eigenvalue weighted by atomic mass is 16.1. The summed E-state index contributed by atoms with van der Waals surface area (Å²) in [6.45, 7) is 3.94. The number of carbonyl (C=O) groups excluding carboxylic acids is 1. The molecule has 0 saturated carbocycles. The molecular formula is C17H19NO. The van der Waals surface area contributed by atoms with E-state index in [1.807, 2.05) is 74.5 Å². The largest absolute Gasteiger partial charge is 0.349 e. The monoisotopic (exact) mass is 253 g/mol. The third kappa shape index (κ3) is 3.44. The lowest BCUT2D eigenvalue weighted by molar-refractivity contribution is -0.122. The van der Waals surface area contributed by atoms with Gasteiger partial charge in [-0.25, -0.2) is 0 Å². The predicted molar refractivity (Wildman–Crippen MR) is 77.9 cm³/mol. The van der Waals surface area contributed by atoms with Gasteiger partial charge in [-0.15, -0.1) is 0 Å². The summed E-state index contributed by atoms with van der Waals surface area (Å²) in [6, 6.07) is 19.9. The van der Waals surface area contributed by atoms with E-state index in [-0.39, 0.29) is 17.9 Å². The van der Waals surface area contributed by atoms with Gasteiger partial charge in [-0.1, -0.05) is 60.7 Å². The summed E-state index contributed by atoms with van der Waals surface area (Å²) in [6.07, 6.45) is 0. The molecule has 0 aromatic heterocycles. The molecule has 0 spiro atoms. The van der Waals surface area contributed by atoms with Crippen LogP contribution < -0.4 is 5.32 Å². The fraction of sp³-hybridized carbons (Fsp3) is 0.235. The Morgan fingerprint density at radius 3 is 1.84 bits per heavy atom. The van der Waals surface area contributed by atoms with E-state index in [0.29, 0.717) is 0 Å². The Hall–Kier alpha value is -2.09. The molecule has 0 unspecified atom stereocenters. The molecule has 98 valence electrons. The molecule has 0 radical (unpaired) electrons. The zero-order valence-corrected chi connectivity index (χ0v) is 11.3. The molecule has 2 heteroatoms. The second kappa shape index (κ2) is 6.19. The van der Waals surface area contributed by atoms with Gasteiger partial charge >= 0.3 is 0 Å². The van der Waals surface area contributed by atoms with Crippen LogP contribution in [0.3, 0.4) is 0 Å². The first kappa shape index (κ1) is 13.3. The minimum atomic E-state index is -0.132. The summed E-state index contributed by atoms with van der Waals surface area (Å²) in [5.74, 6) is -0.0742. The SMILES string of the molecule is C[C@@H](NC(=O)[C@H](C)c1ccccc1)c1ccccc1. The molecule has 2 nitrogen and oxygen atoms in total. The number of benzene rings is 2. The van der Waals surface area contributed by atoms with E-state index in [9.17, 15) is 4.79 Å². The minimum absolute atomic E-state index is 0.0277. The van der Waals surface area contributed by atoms with Gasteiger partial charge in [0.05, 0.1) is 12.0 Å². The van der Waals surface area contributed by atoms with Gasteiger partial charge in [-0.05, 0) is 25.0 Å². The van der Waals surface area contributed by atoms with Gasteiger partial charge in [0.1, 0.15) is 0 Å². The smallest absolute Gasteiger partial charge is 0.227 e. The second-order valence-corrected chi connectivity index (χ2v) is 4.77. The molecule has 2 rings (SSSR count). The van der Waals surface area contributed by atoms with Crippen molar-refractivity contribution < 1.29 is 4.79 Å². The predicted octanol–water partition coefficient (Wildman–Crippen LogP) is 3.67. The fourth-order valence-electron chi connectivity index (χ4n) is 2.06. The Labute approximate surface area is 114 Å². The normalized spacial score (nSPS) is 13.6. The van der Waals surface area contributed by atoms with Gasteiger partial charge < -0.3 is 5.32 Å². The van der Waals surface area contributed by atoms with Crippen LogP contribution in [0.2, 0.25) is 0 Å². The third-order valence-electron chi connectivity index (χ3n) is 3.35. The lowest BCUT2D eigenvalue weighted by Gasteiger charge is -2.18. The maximum atomic E-state index is 12.2. The van der Waals surface area contributed by atoms with Crippen LogP contribution in [0.4, 0.5) is 0 Å². The molecule has 0 bridgehead atoms. The van der Waals surface area contributed by atoms with Crippen molar-refractivity contribution in [3.8, 4) is 0 Å². The molecule has 1 amide bonds. The summed E-state index contributed by atoms with van der Waals surface area (Å²) in [5.41, 5.74) is 2.16. The molecule has 2 aromatic rings. The molecule has 0 saturated heterocycles. The van der Waals surface area contributed by atoms with E-state index in [0.717, 1.165) is 11.1 Å². The van der Waals surface area contributed by atoms with Crippen molar-refractivity contribution in [3.63, 3.8) is 0 Å². The summed E-state index contributed by atoms with van der Waals surface area (Å²) in [7, 11) is 0. The molecule has 2 atom stereocenters. The Bertz CT molecular complexity index is 521. The molecule has 0 aliphatic carbocycles. The van der Waals surface area contributed by atoms with Crippen LogP contribution in [0, 0.1) is 0 Å². The number of nitrogens with one attached hydrogen (secondary N) is 1. The maximum absolute atomic E-state index is 12.2. The standard InChI is InChI=1S/C17H19NO/c1-13(15-9-5-3-6-10-15)17(19)18-14(2)16-11-7-4-8-12-16/h3-14H,1-2H3,(H,18,19)/t13-,14-/m1/s1. The van der Waals surface area contributed by atoms with Crippen LogP contribution in [-0.4, -0.2) is 5.91 Å². The maximum Gasteiger partial charge on any atom is 0.227 e. The van der Waals surface area contributed by atoms with E-state index in [2.05, 4.69) is 5.32 Å². The zero-order valence-electron chi connectivity index (χ0n) is 11.3. The van der Waals surface area contributed by atoms with E-state index >= 15 is 0 Å². The van der Waals surface area contributed by atoms with Gasteiger partial charge in [0.25, 0.3) is 0 Å². The van der Waals surface area contributed by atoms with E-state index in [1.165, 1.54) is 0 Å². The first-order valence-electron chi connectivity index (χ1n) is 6.58. The molecule has 0 aliphatic heterocycles. The van der Waals surface area contributed by atoms with Gasteiger partial charge in [-0.2, -0.15) is 0 Å². The Kier molecular flexibility index (Phi) is 4.35. The average Bonchev–Trinajstić information content (AvgIpc) is 2.48. The lowest BCUT2D eigenvalue weighted by atomic mass is 9.99. The number of hydrogen-bond acceptors (Lipinski definition) is 1. The van der Waals surface area contributed by atoms with Crippen molar-refractivity contribution in [2.75, 3.05) is 0 Å². The first-order chi connectivity index (χ1) is 9.18. The van der Waals surface area contributed by atoms with Crippen LogP contribution >= 0.6 is 0 Å². The average molecular weight is 253 g/mol. The van der Waals surface area contributed by atoms with E-state index < -0.39 is 0 Å². The van der Waals surface area contributed by atoms with Crippen LogP contribution in [0.1, 0.15) is 36.9 Å². The van der Waals surface area contributed by atoms with Crippen LogP contribution in [0.5, 0.6) is 0 Å². The van der Waals surface area contributed by atoms with Crippen LogP contribution in [-0.2, 0) is 4.79 Å². The first-order valence-corrected chi connectivity index (χ1v) is 6.58. The van der Waals surface area contributed by atoms with Crippen molar-refractivity contribution in [1.29, 1.82) is 0 Å². The number of carbonyl (C=O) groups is 1. The molecule has 2 aromatic carbocycles. The highest BCUT2D eigenvalue weighted by Gasteiger charge is 2.17. The third-order valence-corrected chi connectivity index (χ3v) is 3.35. The summed E-state index contributed by atoms with van der Waals surface area (Å²) in [4.78, 5) is 12.2. The second-order valence-electron chi connectivity index (χ2n) is 4.77. The van der Waals surface area contributed by atoms with Crippen LogP contribution in [0.25, 0.3) is 0 Å². The highest BCUT2D eigenvalue weighted by Crippen LogP contribution is 2.17. The Balaban J connectivity index is 2.02. The van der Waals surface area contributed by atoms with Gasteiger partial charge in [0.2, 0.25) is 5.91 Å². The van der Waals surface area contributed by atoms with E-state index in [4.69, 9.17) is 0 Å². The fourth-order valence-corrected chi connectivity index (χ4v) is 2.06. The molecular weight excluding hydrogens is 234 g/mol. The topological polar surface area (TPSA) is 29.1 Å². The number of hydrogen-bond donors (Lipinski definition) is 1. The summed E-state index contributed by atoms with van der Waals surface area (Å²) in [5, 5.41) is 3.06. The lowest BCUT2D eigenvalue weighted by Crippen LogP contribution is -2.30. The molecule has 0 aliphatic rings. The molecule has 0 fully saturated rings. The van der Waals surface area contributed by atoms with Crippen molar-refractivity contribution >= 4 is 5.91 Å². The molecule has 1 N–H and O–H groups in total. The van der Waals surface area contributed by atoms with Crippen molar-refractivity contribution in [2.45, 2.75) is 25.8 Å². The quantitative estimate of drug-likeness (QED) is 0.885. The number of rotatable bonds is 4. The Morgan fingerprint density at radius 2 is 1.32 bits per heavy atom. The summed E-state index contributed by atoms with van der Waals surface area (Å²) >= 11 is 0. The Morgan fingerprint density at radius 1 is 0.842 bits per heavy atom. The van der Waals surface area contributed by atoms with Crippen molar-refractivity contribution in [2.24, 2.45) is 0 Å². The van der Waals surface area contributed by atoms with Crippen molar-refractivity contribution in [1.82, 2.24) is 5.32 Å². The molecule has 19 heavy (non-hydrogen) atoms. The number of amides is 1. The highest BCUT2D eigenvalue weighted by molar-refractivity contribution is 5.83. The minimum Gasteiger partial charge on any atom is -0.349 e. The van der Waals surface area contributed by atoms with Gasteiger partial charge in [0.15, 0.2) is 0 Å². The van der Waals surface area contributed by atoms with Crippen molar-refractivity contribution in [3.05, 3.63) is 71.8 Å². The molecule has 0 heterocycles. The van der Waals surface area contributed by atoms with Gasteiger partial charge in [-0.3, -0.25) is 4.79 Å². The van der Waals surface area contributed by atoms with E-state index in [1.54, 1.807) is 0 Å². The van der Waals surface area contributed by atoms with Crippen LogP contribution in [0.15, 0.2) is 60.7 Å².